The number of anilines is 1. The van der Waals surface area contributed by atoms with Crippen molar-refractivity contribution in [3.63, 3.8) is 0 Å². The summed E-state index contributed by atoms with van der Waals surface area (Å²) >= 11 is 6.01. The van der Waals surface area contributed by atoms with E-state index in [0.29, 0.717) is 16.9 Å². The molecular weight excluding hydrogens is 258 g/mol. The third-order valence-corrected chi connectivity index (χ3v) is 4.68. The number of halogens is 1. The second kappa shape index (κ2) is 5.04. The van der Waals surface area contributed by atoms with Gasteiger partial charge in [-0.15, -0.1) is 0 Å². The maximum absolute atomic E-state index is 6.07. The molecule has 2 atom stereocenters. The van der Waals surface area contributed by atoms with E-state index in [1.807, 2.05) is 18.2 Å². The molecule has 1 aromatic heterocycles. The van der Waals surface area contributed by atoms with Gasteiger partial charge in [0, 0.05) is 11.6 Å². The van der Waals surface area contributed by atoms with Crippen LogP contribution >= 0.6 is 11.6 Å². The topological polar surface area (TPSA) is 43.8 Å². The standard InChI is InChI=1S/C15H20ClN3/c1-10-4-2-3-5-11(10)9-19-14-7-6-12(16)8-13(14)18-15(19)17/h6-8,10-11H,2-5,9H2,1H3,(H2,17,18). The largest absolute Gasteiger partial charge is 0.369 e. The van der Waals surface area contributed by atoms with Crippen molar-refractivity contribution in [2.75, 3.05) is 5.73 Å². The van der Waals surface area contributed by atoms with Gasteiger partial charge in [-0.05, 0) is 36.5 Å². The maximum Gasteiger partial charge on any atom is 0.201 e. The van der Waals surface area contributed by atoms with E-state index in [1.165, 1.54) is 25.7 Å². The number of hydrogen-bond acceptors (Lipinski definition) is 2. The van der Waals surface area contributed by atoms with E-state index in [4.69, 9.17) is 17.3 Å². The minimum Gasteiger partial charge on any atom is -0.369 e. The molecule has 1 saturated carbocycles. The third-order valence-electron chi connectivity index (χ3n) is 4.45. The van der Waals surface area contributed by atoms with Crippen molar-refractivity contribution in [1.82, 2.24) is 9.55 Å². The molecule has 1 aliphatic rings. The fourth-order valence-corrected chi connectivity index (χ4v) is 3.38. The molecule has 0 saturated heterocycles. The Kier molecular flexibility index (Phi) is 3.40. The van der Waals surface area contributed by atoms with E-state index >= 15 is 0 Å². The van der Waals surface area contributed by atoms with E-state index < -0.39 is 0 Å². The van der Waals surface area contributed by atoms with Crippen LogP contribution in [0.25, 0.3) is 11.0 Å². The Morgan fingerprint density at radius 2 is 2.16 bits per heavy atom. The molecule has 1 fully saturated rings. The SMILES string of the molecule is CC1CCCCC1Cn1c(N)nc2cc(Cl)ccc21. The van der Waals surface area contributed by atoms with Gasteiger partial charge >= 0.3 is 0 Å². The summed E-state index contributed by atoms with van der Waals surface area (Å²) < 4.78 is 2.15. The summed E-state index contributed by atoms with van der Waals surface area (Å²) in [5.41, 5.74) is 8.07. The van der Waals surface area contributed by atoms with Crippen molar-refractivity contribution < 1.29 is 0 Å². The summed E-state index contributed by atoms with van der Waals surface area (Å²) in [6.45, 7) is 3.33. The summed E-state index contributed by atoms with van der Waals surface area (Å²) in [6.07, 6.45) is 5.34. The quantitative estimate of drug-likeness (QED) is 0.898. The highest BCUT2D eigenvalue weighted by Gasteiger charge is 2.23. The summed E-state index contributed by atoms with van der Waals surface area (Å²) in [4.78, 5) is 4.42. The molecular formula is C15H20ClN3. The van der Waals surface area contributed by atoms with Gasteiger partial charge in [0.1, 0.15) is 0 Å². The predicted molar refractivity (Wildman–Crippen MR) is 80.3 cm³/mol. The van der Waals surface area contributed by atoms with Gasteiger partial charge in [0.15, 0.2) is 0 Å². The molecule has 19 heavy (non-hydrogen) atoms. The summed E-state index contributed by atoms with van der Waals surface area (Å²) in [5.74, 6) is 2.09. The molecule has 0 radical (unpaired) electrons. The van der Waals surface area contributed by atoms with Gasteiger partial charge in [-0.2, -0.15) is 0 Å². The Balaban J connectivity index is 1.93. The number of aromatic nitrogens is 2. The zero-order chi connectivity index (χ0) is 13.4. The van der Waals surface area contributed by atoms with Crippen LogP contribution in [-0.2, 0) is 6.54 Å². The summed E-state index contributed by atoms with van der Waals surface area (Å²) in [5, 5.41) is 0.711. The van der Waals surface area contributed by atoms with E-state index in [-0.39, 0.29) is 0 Å². The monoisotopic (exact) mass is 277 g/mol. The molecule has 1 aliphatic carbocycles. The van der Waals surface area contributed by atoms with Crippen LogP contribution in [0, 0.1) is 11.8 Å². The number of nitrogen functional groups attached to an aromatic ring is 1. The molecule has 0 spiro atoms. The number of rotatable bonds is 2. The highest BCUT2D eigenvalue weighted by Crippen LogP contribution is 2.32. The van der Waals surface area contributed by atoms with Crippen molar-refractivity contribution in [2.45, 2.75) is 39.2 Å². The Morgan fingerprint density at radius 3 is 2.95 bits per heavy atom. The number of hydrogen-bond donors (Lipinski definition) is 1. The van der Waals surface area contributed by atoms with Gasteiger partial charge in [-0.1, -0.05) is 37.8 Å². The maximum atomic E-state index is 6.07. The van der Waals surface area contributed by atoms with Gasteiger partial charge in [0.05, 0.1) is 11.0 Å². The fourth-order valence-electron chi connectivity index (χ4n) is 3.21. The molecule has 3 rings (SSSR count). The van der Waals surface area contributed by atoms with Crippen LogP contribution in [0.5, 0.6) is 0 Å². The molecule has 0 aliphatic heterocycles. The summed E-state index contributed by atoms with van der Waals surface area (Å²) in [7, 11) is 0. The number of nitrogens with two attached hydrogens (primary N) is 1. The zero-order valence-corrected chi connectivity index (χ0v) is 12.0. The first-order chi connectivity index (χ1) is 9.15. The lowest BCUT2D eigenvalue weighted by Gasteiger charge is -2.29. The third kappa shape index (κ3) is 2.44. The first-order valence-electron chi connectivity index (χ1n) is 7.06. The van der Waals surface area contributed by atoms with E-state index in [0.717, 1.165) is 23.5 Å². The van der Waals surface area contributed by atoms with Gasteiger partial charge < -0.3 is 10.3 Å². The molecule has 2 aromatic rings. The molecule has 1 heterocycles. The van der Waals surface area contributed by atoms with Gasteiger partial charge in [-0.3, -0.25) is 0 Å². The average molecular weight is 278 g/mol. The van der Waals surface area contributed by atoms with Crippen LogP contribution in [0.2, 0.25) is 5.02 Å². The van der Waals surface area contributed by atoms with Crippen LogP contribution in [0.4, 0.5) is 5.95 Å². The van der Waals surface area contributed by atoms with E-state index in [1.54, 1.807) is 0 Å². The van der Waals surface area contributed by atoms with Gasteiger partial charge in [0.2, 0.25) is 5.95 Å². The molecule has 1 aromatic carbocycles. The predicted octanol–water partition coefficient (Wildman–Crippen LogP) is 4.10. The van der Waals surface area contributed by atoms with Crippen molar-refractivity contribution >= 4 is 28.6 Å². The number of imidazole rings is 1. The number of nitrogens with zero attached hydrogens (tertiary/aromatic N) is 2. The first-order valence-corrected chi connectivity index (χ1v) is 7.44. The van der Waals surface area contributed by atoms with Crippen LogP contribution < -0.4 is 5.73 Å². The Bertz CT molecular complexity index is 590. The molecule has 3 nitrogen and oxygen atoms in total. The van der Waals surface area contributed by atoms with Crippen LogP contribution in [0.3, 0.4) is 0 Å². The molecule has 4 heteroatoms. The second-order valence-electron chi connectivity index (χ2n) is 5.74. The van der Waals surface area contributed by atoms with Crippen LogP contribution in [0.15, 0.2) is 18.2 Å². The molecule has 0 bridgehead atoms. The van der Waals surface area contributed by atoms with Crippen LogP contribution in [0.1, 0.15) is 32.6 Å². The Labute approximate surface area is 118 Å². The lowest BCUT2D eigenvalue weighted by Crippen LogP contribution is -2.22. The van der Waals surface area contributed by atoms with Gasteiger partial charge in [0.25, 0.3) is 0 Å². The van der Waals surface area contributed by atoms with Crippen molar-refractivity contribution in [3.8, 4) is 0 Å². The fraction of sp³-hybridized carbons (Fsp3) is 0.533. The lowest BCUT2D eigenvalue weighted by molar-refractivity contribution is 0.231. The minimum absolute atomic E-state index is 0.607. The average Bonchev–Trinajstić information content (AvgIpc) is 2.68. The molecule has 2 unspecified atom stereocenters. The molecule has 2 N–H and O–H groups in total. The smallest absolute Gasteiger partial charge is 0.201 e. The van der Waals surface area contributed by atoms with Crippen molar-refractivity contribution in [1.29, 1.82) is 0 Å². The van der Waals surface area contributed by atoms with E-state index in [2.05, 4.69) is 16.5 Å². The molecule has 102 valence electrons. The number of benzene rings is 1. The minimum atomic E-state index is 0.607. The lowest BCUT2D eigenvalue weighted by atomic mass is 9.80. The highest BCUT2D eigenvalue weighted by molar-refractivity contribution is 6.31. The number of fused-ring (bicyclic) bond motifs is 1. The summed E-state index contributed by atoms with van der Waals surface area (Å²) in [6, 6.07) is 5.81. The van der Waals surface area contributed by atoms with Gasteiger partial charge in [-0.25, -0.2) is 4.98 Å². The van der Waals surface area contributed by atoms with Crippen molar-refractivity contribution in [3.05, 3.63) is 23.2 Å². The van der Waals surface area contributed by atoms with Crippen LogP contribution in [-0.4, -0.2) is 9.55 Å². The second-order valence-corrected chi connectivity index (χ2v) is 6.17. The normalized spacial score (nSPS) is 23.9. The first kappa shape index (κ1) is 12.8. The van der Waals surface area contributed by atoms with E-state index in [9.17, 15) is 0 Å². The Morgan fingerprint density at radius 1 is 1.37 bits per heavy atom. The highest BCUT2D eigenvalue weighted by atomic mass is 35.5. The zero-order valence-electron chi connectivity index (χ0n) is 11.3. The van der Waals surface area contributed by atoms with Crippen molar-refractivity contribution in [2.24, 2.45) is 11.8 Å². The Hall–Kier alpha value is -1.22. The molecule has 0 amide bonds.